The summed E-state index contributed by atoms with van der Waals surface area (Å²) in [5, 5.41) is 0.751. The van der Waals surface area contributed by atoms with Crippen LogP contribution in [0, 0.1) is 0 Å². The second-order valence-electron chi connectivity index (χ2n) is 4.01. The van der Waals surface area contributed by atoms with Crippen molar-refractivity contribution in [1.29, 1.82) is 0 Å². The normalized spacial score (nSPS) is 16.1. The first kappa shape index (κ1) is 9.09. The van der Waals surface area contributed by atoms with Gasteiger partial charge in [0.05, 0.1) is 5.39 Å². The molecular formula is C11H12N2OS. The van der Waals surface area contributed by atoms with Crippen LogP contribution in [0.3, 0.4) is 0 Å². The molecule has 2 heterocycles. The molecule has 0 spiro atoms. The van der Waals surface area contributed by atoms with Gasteiger partial charge in [-0.25, -0.2) is 4.98 Å². The lowest BCUT2D eigenvalue weighted by atomic mass is 10.3. The summed E-state index contributed by atoms with van der Waals surface area (Å²) in [5.41, 5.74) is 0.0258. The van der Waals surface area contributed by atoms with Crippen molar-refractivity contribution in [2.75, 3.05) is 0 Å². The minimum atomic E-state index is 0.0258. The highest BCUT2D eigenvalue weighted by Crippen LogP contribution is 2.38. The largest absolute Gasteiger partial charge is 0.310 e. The van der Waals surface area contributed by atoms with E-state index in [1.54, 1.807) is 11.3 Å². The maximum absolute atomic E-state index is 11.8. The van der Waals surface area contributed by atoms with Crippen LogP contribution >= 0.6 is 11.3 Å². The van der Waals surface area contributed by atoms with Crippen molar-refractivity contribution in [3.63, 3.8) is 0 Å². The fraction of sp³-hybridized carbons (Fsp3) is 0.455. The van der Waals surface area contributed by atoms with Crippen LogP contribution < -0.4 is 5.56 Å². The van der Waals surface area contributed by atoms with E-state index in [-0.39, 0.29) is 5.56 Å². The van der Waals surface area contributed by atoms with E-state index in [0.29, 0.717) is 5.92 Å². The molecule has 2 aromatic heterocycles. The zero-order chi connectivity index (χ0) is 10.4. The summed E-state index contributed by atoms with van der Waals surface area (Å²) in [4.78, 5) is 21.3. The van der Waals surface area contributed by atoms with Gasteiger partial charge in [0.25, 0.3) is 5.56 Å². The summed E-state index contributed by atoms with van der Waals surface area (Å²) in [7, 11) is 0. The van der Waals surface area contributed by atoms with Crippen LogP contribution in [0.2, 0.25) is 0 Å². The van der Waals surface area contributed by atoms with Crippen LogP contribution in [0.25, 0.3) is 10.2 Å². The zero-order valence-electron chi connectivity index (χ0n) is 8.54. The lowest BCUT2D eigenvalue weighted by Gasteiger charge is -1.95. The highest BCUT2D eigenvalue weighted by molar-refractivity contribution is 7.18. The molecule has 1 aliphatic rings. The molecule has 0 saturated heterocycles. The summed E-state index contributed by atoms with van der Waals surface area (Å²) in [6.45, 7) is 2.10. The Morgan fingerprint density at radius 3 is 3.07 bits per heavy atom. The lowest BCUT2D eigenvalue weighted by Crippen LogP contribution is -2.09. The maximum atomic E-state index is 11.8. The molecule has 2 aromatic rings. The highest BCUT2D eigenvalue weighted by atomic mass is 32.1. The summed E-state index contributed by atoms with van der Waals surface area (Å²) in [6.07, 6.45) is 3.31. The van der Waals surface area contributed by atoms with E-state index in [4.69, 9.17) is 0 Å². The van der Waals surface area contributed by atoms with Gasteiger partial charge >= 0.3 is 0 Å². The number of thiophene rings is 1. The van der Waals surface area contributed by atoms with E-state index in [1.165, 1.54) is 17.7 Å². The molecule has 0 radical (unpaired) electrons. The highest BCUT2D eigenvalue weighted by Gasteiger charge is 2.26. The molecule has 3 nitrogen and oxygen atoms in total. The van der Waals surface area contributed by atoms with Gasteiger partial charge in [0.2, 0.25) is 0 Å². The maximum Gasteiger partial charge on any atom is 0.259 e. The number of hydrogen-bond acceptors (Lipinski definition) is 3. The predicted octanol–water partition coefficient (Wildman–Crippen LogP) is 2.42. The second kappa shape index (κ2) is 3.17. The molecule has 1 aliphatic carbocycles. The number of nitrogens with one attached hydrogen (secondary N) is 1. The van der Waals surface area contributed by atoms with E-state index < -0.39 is 0 Å². The number of aromatic amines is 1. The second-order valence-corrected chi connectivity index (χ2v) is 5.13. The molecule has 3 rings (SSSR count). The van der Waals surface area contributed by atoms with Gasteiger partial charge in [0.15, 0.2) is 0 Å². The number of aryl methyl sites for hydroxylation is 1. The summed E-state index contributed by atoms with van der Waals surface area (Å²) in [6, 6.07) is 1.96. The SMILES string of the molecule is CCc1cc2c(=O)[nH]c(C3CC3)nc2s1. The molecular weight excluding hydrogens is 208 g/mol. The molecule has 78 valence electrons. The fourth-order valence-corrected chi connectivity index (χ4v) is 2.70. The van der Waals surface area contributed by atoms with Gasteiger partial charge in [-0.05, 0) is 25.3 Å². The van der Waals surface area contributed by atoms with Crippen molar-refractivity contribution in [2.45, 2.75) is 32.1 Å². The number of nitrogens with zero attached hydrogens (tertiary/aromatic N) is 1. The van der Waals surface area contributed by atoms with Crippen molar-refractivity contribution in [1.82, 2.24) is 9.97 Å². The topological polar surface area (TPSA) is 45.8 Å². The molecule has 0 aliphatic heterocycles. The zero-order valence-corrected chi connectivity index (χ0v) is 9.36. The van der Waals surface area contributed by atoms with Gasteiger partial charge in [-0.15, -0.1) is 11.3 Å². The Morgan fingerprint density at radius 2 is 2.40 bits per heavy atom. The molecule has 0 atom stereocenters. The molecule has 4 heteroatoms. The lowest BCUT2D eigenvalue weighted by molar-refractivity contribution is 0.935. The van der Waals surface area contributed by atoms with Crippen molar-refractivity contribution in [3.05, 3.63) is 27.1 Å². The van der Waals surface area contributed by atoms with Crippen molar-refractivity contribution < 1.29 is 0 Å². The Kier molecular flexibility index (Phi) is 1.92. The summed E-state index contributed by atoms with van der Waals surface area (Å²) < 4.78 is 0. The molecule has 0 bridgehead atoms. The third-order valence-electron chi connectivity index (χ3n) is 2.78. The summed E-state index contributed by atoms with van der Waals surface area (Å²) >= 11 is 1.64. The number of rotatable bonds is 2. The van der Waals surface area contributed by atoms with Gasteiger partial charge < -0.3 is 4.98 Å². The van der Waals surface area contributed by atoms with Gasteiger partial charge in [-0.3, -0.25) is 4.79 Å². The minimum absolute atomic E-state index is 0.0258. The van der Waals surface area contributed by atoms with Crippen LogP contribution in [0.4, 0.5) is 0 Å². The van der Waals surface area contributed by atoms with Crippen LogP contribution in [-0.2, 0) is 6.42 Å². The van der Waals surface area contributed by atoms with E-state index in [9.17, 15) is 4.79 Å². The number of fused-ring (bicyclic) bond motifs is 1. The van der Waals surface area contributed by atoms with Crippen LogP contribution in [0.5, 0.6) is 0 Å². The quantitative estimate of drug-likeness (QED) is 0.844. The predicted molar refractivity (Wildman–Crippen MR) is 61.6 cm³/mol. The van der Waals surface area contributed by atoms with E-state index >= 15 is 0 Å². The average Bonchev–Trinajstić information content (AvgIpc) is 2.98. The van der Waals surface area contributed by atoms with Crippen LogP contribution in [0.15, 0.2) is 10.9 Å². The van der Waals surface area contributed by atoms with Crippen molar-refractivity contribution in [2.24, 2.45) is 0 Å². The Hall–Kier alpha value is -1.16. The van der Waals surface area contributed by atoms with Gasteiger partial charge in [0, 0.05) is 10.8 Å². The minimum Gasteiger partial charge on any atom is -0.310 e. The summed E-state index contributed by atoms with van der Waals surface area (Å²) in [5.74, 6) is 1.39. The molecule has 0 unspecified atom stereocenters. The monoisotopic (exact) mass is 220 g/mol. The van der Waals surface area contributed by atoms with E-state index in [2.05, 4.69) is 16.9 Å². The van der Waals surface area contributed by atoms with Gasteiger partial charge in [-0.2, -0.15) is 0 Å². The van der Waals surface area contributed by atoms with Crippen molar-refractivity contribution >= 4 is 21.6 Å². The molecule has 0 amide bonds. The first-order valence-corrected chi connectivity index (χ1v) is 6.12. The first-order valence-electron chi connectivity index (χ1n) is 5.30. The Bertz CT molecular complexity index is 565. The van der Waals surface area contributed by atoms with Crippen molar-refractivity contribution in [3.8, 4) is 0 Å². The molecule has 1 saturated carbocycles. The number of hydrogen-bond donors (Lipinski definition) is 1. The average molecular weight is 220 g/mol. The smallest absolute Gasteiger partial charge is 0.259 e. The Balaban J connectivity index is 2.24. The molecule has 15 heavy (non-hydrogen) atoms. The van der Waals surface area contributed by atoms with E-state index in [0.717, 1.165) is 22.5 Å². The Morgan fingerprint density at radius 1 is 1.60 bits per heavy atom. The third kappa shape index (κ3) is 1.49. The van der Waals surface area contributed by atoms with E-state index in [1.807, 2.05) is 6.07 Å². The first-order chi connectivity index (χ1) is 7.28. The fourth-order valence-electron chi connectivity index (χ4n) is 1.72. The third-order valence-corrected chi connectivity index (χ3v) is 3.96. The van der Waals surface area contributed by atoms with Gasteiger partial charge in [-0.1, -0.05) is 6.92 Å². The molecule has 1 fully saturated rings. The number of H-pyrrole nitrogens is 1. The van der Waals surface area contributed by atoms with Gasteiger partial charge in [0.1, 0.15) is 10.7 Å². The molecule has 1 N–H and O–H groups in total. The molecule has 0 aromatic carbocycles. The number of aromatic nitrogens is 2. The van der Waals surface area contributed by atoms with Crippen LogP contribution in [0.1, 0.15) is 36.4 Å². The van der Waals surface area contributed by atoms with Crippen LogP contribution in [-0.4, -0.2) is 9.97 Å². The Labute approximate surface area is 91.2 Å². The standard InChI is InChI=1S/C11H12N2OS/c1-2-7-5-8-10(14)12-9(6-3-4-6)13-11(8)15-7/h5-6H,2-4H2,1H3,(H,12,13,14).